The standard InChI is InChI=1S/C39H86N12O4.C35H79N13O4/c1-4-5-6-8-15-44-19-27-51(28-20-46-17-11-40)33-31-48(30-32-49(23-12-41)24-13-42)22-10-7-9-16-45-18-26-50(25-14-43)29-21-47-36-38(52)54-34-35-55-39(53)37(2)3;1-33(2)35(50)52-31-30-51-34(49)32-44-17-25-47(21-10-40)22-14-41-11-4-3-5-18-45(26-28-46(19-8-38)20-9-39)27-29-48(23-15-42-12-6-36)24-16-43-13-7-37/h44-47H,2,4-36,40-43H2,1,3H3;41-44H,1,3-32,36-40H2,2H3. The van der Waals surface area contributed by atoms with Crippen LogP contribution in [-0.4, -0.2) is 410 Å². The van der Waals surface area contributed by atoms with Crippen molar-refractivity contribution in [2.24, 2.45) is 51.6 Å². The van der Waals surface area contributed by atoms with Gasteiger partial charge in [-0.25, -0.2) is 9.59 Å². The van der Waals surface area contributed by atoms with Crippen molar-refractivity contribution in [1.82, 2.24) is 81.7 Å². The molecule has 0 fully saturated rings. The highest BCUT2D eigenvalue weighted by atomic mass is 16.6. The first kappa shape index (κ1) is 105. The van der Waals surface area contributed by atoms with E-state index in [2.05, 4.69) is 102 Å². The van der Waals surface area contributed by atoms with Gasteiger partial charge in [-0.1, -0.05) is 52.2 Å². The Bertz CT molecular complexity index is 1980. The average Bonchev–Trinajstić information content (AvgIpc) is 0.990. The molecule has 0 aliphatic carbocycles. The molecule has 0 aliphatic heterocycles. The van der Waals surface area contributed by atoms with Crippen LogP contribution in [-0.2, 0) is 38.1 Å². The summed E-state index contributed by atoms with van der Waals surface area (Å²) in [4.78, 5) is 66.3. The highest BCUT2D eigenvalue weighted by Crippen LogP contribution is 2.05. The van der Waals surface area contributed by atoms with Crippen molar-refractivity contribution >= 4 is 23.9 Å². The monoisotopic (exact) mass is 1530 g/mol. The van der Waals surface area contributed by atoms with Gasteiger partial charge < -0.3 is 123 Å². The molecule has 0 aromatic rings. The van der Waals surface area contributed by atoms with E-state index >= 15 is 0 Å². The quantitative estimate of drug-likeness (QED) is 0.0117. The van der Waals surface area contributed by atoms with Crippen molar-refractivity contribution < 1.29 is 38.1 Å². The predicted octanol–water partition coefficient (Wildman–Crippen LogP) is -5.02. The Morgan fingerprint density at radius 1 is 0.252 bits per heavy atom. The van der Waals surface area contributed by atoms with E-state index in [1.165, 1.54) is 38.5 Å². The third-order valence-electron chi connectivity index (χ3n) is 17.7. The highest BCUT2D eigenvalue weighted by Gasteiger charge is 2.16. The second-order valence-corrected chi connectivity index (χ2v) is 27.1. The van der Waals surface area contributed by atoms with Crippen LogP contribution < -0.4 is 94.1 Å². The molecule has 0 rings (SSSR count). The van der Waals surface area contributed by atoms with Crippen LogP contribution in [0.4, 0.5) is 0 Å². The van der Waals surface area contributed by atoms with Crippen LogP contribution in [0, 0.1) is 0 Å². The van der Waals surface area contributed by atoms with Crippen molar-refractivity contribution in [3.05, 3.63) is 24.3 Å². The van der Waals surface area contributed by atoms with E-state index in [9.17, 15) is 19.2 Å². The SMILES string of the molecule is C=C(C)C(=O)OCCOC(=O)CNCCN(CCN)CCNCCCCCN(CCN(CCN)CCN)CCN(CCNCCN)CCNCCCCCC.C=C(C)C(=O)OCCOC(=O)CNCCN(CCN)CCNCCCCCN(CCN(CCN)CCN)CCN(CCNCCN)CCNCCN. The van der Waals surface area contributed by atoms with Gasteiger partial charge in [0.05, 0.1) is 13.1 Å². The molecule has 0 saturated heterocycles. The summed E-state index contributed by atoms with van der Waals surface area (Å²) in [6.45, 7) is 53.6. The van der Waals surface area contributed by atoms with Crippen LogP contribution in [0.5, 0.6) is 0 Å². The van der Waals surface area contributed by atoms with Crippen LogP contribution in [0.25, 0.3) is 0 Å². The minimum Gasteiger partial charge on any atom is -0.461 e. The topological polar surface area (TPSA) is 462 Å². The number of hydrogen-bond acceptors (Lipinski definition) is 33. The summed E-state index contributed by atoms with van der Waals surface area (Å²) in [6, 6.07) is 0. The molecule has 0 bridgehead atoms. The van der Waals surface area contributed by atoms with E-state index in [4.69, 9.17) is 70.6 Å². The highest BCUT2D eigenvalue weighted by molar-refractivity contribution is 5.87. The Morgan fingerprint density at radius 2 is 0.477 bits per heavy atom. The molecule has 0 aliphatic rings. The number of nitrogens with two attached hydrogens (primary N) is 9. The Labute approximate surface area is 649 Å². The molecule has 634 valence electrons. The molecular formula is C74H165N25O8. The molecule has 33 heteroatoms. The summed E-state index contributed by atoms with van der Waals surface area (Å²) in [5.74, 6) is -1.75. The van der Waals surface area contributed by atoms with Gasteiger partial charge in [0.25, 0.3) is 0 Å². The van der Waals surface area contributed by atoms with Gasteiger partial charge in [0, 0.05) is 286 Å². The van der Waals surface area contributed by atoms with Gasteiger partial charge in [0.2, 0.25) is 0 Å². The van der Waals surface area contributed by atoms with Crippen LogP contribution in [0.1, 0.15) is 85.0 Å². The second kappa shape index (κ2) is 81.8. The molecule has 26 N–H and O–H groups in total. The van der Waals surface area contributed by atoms with Crippen molar-refractivity contribution in [3.8, 4) is 0 Å². The molecule has 33 nitrogen and oxygen atoms in total. The molecule has 0 amide bonds. The van der Waals surface area contributed by atoms with Gasteiger partial charge in [0.15, 0.2) is 0 Å². The summed E-state index contributed by atoms with van der Waals surface area (Å²) in [7, 11) is 0. The van der Waals surface area contributed by atoms with Gasteiger partial charge in [-0.3, -0.25) is 39.0 Å². The molecule has 0 unspecified atom stereocenters. The van der Waals surface area contributed by atoms with Gasteiger partial charge in [-0.2, -0.15) is 0 Å². The normalized spacial score (nSPS) is 11.7. The fraction of sp³-hybridized carbons (Fsp3) is 0.892. The maximum Gasteiger partial charge on any atom is 0.333 e. The van der Waals surface area contributed by atoms with Crippen molar-refractivity contribution in [2.75, 3.05) is 347 Å². The minimum atomic E-state index is -0.493. The number of unbranched alkanes of at least 4 members (excludes halogenated alkanes) is 7. The van der Waals surface area contributed by atoms with Gasteiger partial charge in [-0.05, 0) is 78.7 Å². The lowest BCUT2D eigenvalue weighted by atomic mass is 10.2. The number of nitrogens with one attached hydrogen (secondary N) is 8. The number of hydrogen-bond donors (Lipinski definition) is 17. The van der Waals surface area contributed by atoms with Gasteiger partial charge >= 0.3 is 23.9 Å². The summed E-state index contributed by atoms with van der Waals surface area (Å²) >= 11 is 0. The molecule has 0 aromatic carbocycles. The number of ether oxygens (including phenoxy) is 4. The third kappa shape index (κ3) is 72.4. The van der Waals surface area contributed by atoms with Gasteiger partial charge in [0.1, 0.15) is 26.4 Å². The van der Waals surface area contributed by atoms with Crippen LogP contribution >= 0.6 is 0 Å². The van der Waals surface area contributed by atoms with Gasteiger partial charge in [-0.15, -0.1) is 0 Å². The largest absolute Gasteiger partial charge is 0.461 e. The lowest BCUT2D eigenvalue weighted by Crippen LogP contribution is -2.45. The Balaban J connectivity index is 0. The fourth-order valence-corrected chi connectivity index (χ4v) is 11.4. The van der Waals surface area contributed by atoms with Crippen molar-refractivity contribution in [3.63, 3.8) is 0 Å². The number of esters is 4. The Kier molecular flexibility index (Phi) is 80.6. The van der Waals surface area contributed by atoms with Crippen LogP contribution in [0.2, 0.25) is 0 Å². The molecule has 107 heavy (non-hydrogen) atoms. The lowest BCUT2D eigenvalue weighted by Gasteiger charge is -2.30. The van der Waals surface area contributed by atoms with E-state index in [0.717, 1.165) is 261 Å². The van der Waals surface area contributed by atoms with Crippen LogP contribution in [0.15, 0.2) is 24.3 Å². The third-order valence-corrected chi connectivity index (χ3v) is 17.7. The van der Waals surface area contributed by atoms with E-state index < -0.39 is 11.9 Å². The number of carbonyl (C=O) groups excluding carboxylic acids is 4. The average molecular weight is 1530 g/mol. The fourth-order valence-electron chi connectivity index (χ4n) is 11.4. The number of carbonyl (C=O) groups is 4. The number of nitrogens with zero attached hydrogens (tertiary/aromatic N) is 8. The summed E-state index contributed by atoms with van der Waals surface area (Å²) < 4.78 is 20.0. The maximum atomic E-state index is 11.9. The molecule has 0 saturated carbocycles. The lowest BCUT2D eigenvalue weighted by molar-refractivity contribution is -0.149. The zero-order valence-electron chi connectivity index (χ0n) is 68.0. The molecule has 0 aromatic heterocycles. The van der Waals surface area contributed by atoms with E-state index in [1.54, 1.807) is 13.8 Å². The van der Waals surface area contributed by atoms with Crippen molar-refractivity contribution in [1.29, 1.82) is 0 Å². The first-order valence-electron chi connectivity index (χ1n) is 40.8. The second-order valence-electron chi connectivity index (χ2n) is 27.1. The molecule has 0 spiro atoms. The zero-order chi connectivity index (χ0) is 79.1. The Hall–Kier alpha value is -3.64. The predicted molar refractivity (Wildman–Crippen MR) is 441 cm³/mol. The maximum absolute atomic E-state index is 11.9. The number of rotatable bonds is 83. The molecule has 0 radical (unpaired) electrons. The summed E-state index contributed by atoms with van der Waals surface area (Å²) in [5, 5.41) is 27.4. The summed E-state index contributed by atoms with van der Waals surface area (Å²) in [5.41, 5.74) is 52.9. The minimum absolute atomic E-state index is 0.0136. The molecular weight excluding hydrogens is 1370 g/mol. The van der Waals surface area contributed by atoms with E-state index in [0.29, 0.717) is 83.1 Å². The first-order chi connectivity index (χ1) is 52.1. The summed E-state index contributed by atoms with van der Waals surface area (Å²) in [6.07, 6.45) is 12.1. The smallest absolute Gasteiger partial charge is 0.333 e. The van der Waals surface area contributed by atoms with E-state index in [-0.39, 0.29) is 51.5 Å². The molecule has 0 heterocycles. The first-order valence-corrected chi connectivity index (χ1v) is 40.8. The van der Waals surface area contributed by atoms with Crippen LogP contribution in [0.3, 0.4) is 0 Å². The Morgan fingerprint density at radius 3 is 0.729 bits per heavy atom. The van der Waals surface area contributed by atoms with E-state index in [1.807, 2.05) is 0 Å². The molecule has 0 atom stereocenters. The zero-order valence-corrected chi connectivity index (χ0v) is 68.0. The van der Waals surface area contributed by atoms with Crippen molar-refractivity contribution in [2.45, 2.75) is 85.0 Å².